The van der Waals surface area contributed by atoms with E-state index in [4.69, 9.17) is 40.1 Å². The van der Waals surface area contributed by atoms with Gasteiger partial charge in [-0.3, -0.25) is 67.3 Å². The van der Waals surface area contributed by atoms with E-state index in [-0.39, 0.29) is 83.0 Å². The van der Waals surface area contributed by atoms with Crippen LogP contribution in [0.4, 0.5) is 0 Å². The zero-order chi connectivity index (χ0) is 70.1. The molecule has 2 aromatic rings. The number of benzene rings is 2. The largest absolute Gasteiger partial charge is 0.370 e. The van der Waals surface area contributed by atoms with Crippen molar-refractivity contribution in [3.63, 3.8) is 0 Å². The van der Waals surface area contributed by atoms with Gasteiger partial charge in [0.05, 0.1) is 12.6 Å². The molecule has 2 saturated heterocycles. The van der Waals surface area contributed by atoms with Crippen LogP contribution in [0.1, 0.15) is 121 Å². The number of nitrogens with two attached hydrogens (primary N) is 7. The number of hydrogen-bond acceptors (Lipinski definition) is 17. The van der Waals surface area contributed by atoms with Gasteiger partial charge < -0.3 is 92.5 Å². The van der Waals surface area contributed by atoms with Crippen LogP contribution in [-0.2, 0) is 75.2 Å². The number of unbranched alkanes of at least 4 members (excludes halogenated alkanes) is 1. The number of carbonyl (C=O) groups is 13. The standard InChI is InChI=1S/C63H98N18O13S/c1-37(2)33-45(57(89)74-41(53(68)85)27-32-95-3)73-52(84)36-72-54(86)46(34-38-15-6-4-7-16-38)78-58(90)47(35-39-17-8-5-9-18-39)79-56(88)42(23-25-50(66)82)75-55(87)43(24-26-51(67)83)76-59(91)49-22-14-31-81(49)62(94)44(20-10-11-28-64)77-60(92)48-21-13-30-80(48)61(93)40(65)19-12-29-71-63(69)70/h4-9,15-18,37,40-49H,10-14,19-36,64-65H2,1-3H3,(H2,66,82)(H2,67,83)(H2,68,85)(H,72,86)(H,73,84)(H,74,89)(H,75,87)(H,76,91)(H,77,92)(H,78,90)(H,79,88)(H4,69,70,71)/t40-,41-,42+,43-,44+,45-,46-,47-,48-,49-/m0/s1. The molecule has 2 fully saturated rings. The Morgan fingerprint density at radius 2 is 1.01 bits per heavy atom. The minimum atomic E-state index is -1.64. The van der Waals surface area contributed by atoms with Gasteiger partial charge in [0.25, 0.3) is 0 Å². The molecule has 95 heavy (non-hydrogen) atoms. The predicted molar refractivity (Wildman–Crippen MR) is 356 cm³/mol. The van der Waals surface area contributed by atoms with Gasteiger partial charge in [0.2, 0.25) is 76.8 Å². The lowest BCUT2D eigenvalue weighted by molar-refractivity contribution is -0.144. The maximum Gasteiger partial charge on any atom is 0.245 e. The van der Waals surface area contributed by atoms with E-state index in [1.165, 1.54) is 21.6 Å². The van der Waals surface area contributed by atoms with Crippen molar-refractivity contribution in [2.75, 3.05) is 44.7 Å². The van der Waals surface area contributed by atoms with Gasteiger partial charge in [-0.15, -0.1) is 0 Å². The highest BCUT2D eigenvalue weighted by Gasteiger charge is 2.42. The Labute approximate surface area is 558 Å². The highest BCUT2D eigenvalue weighted by molar-refractivity contribution is 7.98. The van der Waals surface area contributed by atoms with Gasteiger partial charge in [0.1, 0.15) is 54.4 Å². The molecular formula is C63H98N18O13S. The molecule has 2 aliphatic heterocycles. The number of nitrogens with zero attached hydrogens (tertiary/aromatic N) is 3. The van der Waals surface area contributed by atoms with E-state index in [0.717, 1.165) is 0 Å². The van der Waals surface area contributed by atoms with Gasteiger partial charge in [0, 0.05) is 45.3 Å². The fourth-order valence-electron chi connectivity index (χ4n) is 11.0. The lowest BCUT2D eigenvalue weighted by Crippen LogP contribution is -2.60. The summed E-state index contributed by atoms with van der Waals surface area (Å²) >= 11 is 1.45. The topological polar surface area (TPSA) is 519 Å². The summed E-state index contributed by atoms with van der Waals surface area (Å²) in [5.74, 6) is -9.80. The Hall–Kier alpha value is -8.91. The molecule has 0 unspecified atom stereocenters. The van der Waals surface area contributed by atoms with E-state index in [9.17, 15) is 62.3 Å². The molecule has 2 aromatic carbocycles. The van der Waals surface area contributed by atoms with Crippen molar-refractivity contribution in [3.05, 3.63) is 71.8 Å². The summed E-state index contributed by atoms with van der Waals surface area (Å²) in [4.78, 5) is 185. The summed E-state index contributed by atoms with van der Waals surface area (Å²) in [6, 6.07) is 4.51. The fraction of sp³-hybridized carbons (Fsp3) is 0.587. The number of amides is 13. The van der Waals surface area contributed by atoms with E-state index in [0.29, 0.717) is 55.4 Å². The first-order chi connectivity index (χ1) is 45.2. The van der Waals surface area contributed by atoms with Crippen molar-refractivity contribution in [2.45, 2.75) is 183 Å². The number of hydrogen-bond donors (Lipinski definition) is 15. The van der Waals surface area contributed by atoms with Crippen molar-refractivity contribution >= 4 is 94.5 Å². The minimum Gasteiger partial charge on any atom is -0.370 e. The molecule has 4 rings (SSSR count). The predicted octanol–water partition coefficient (Wildman–Crippen LogP) is -3.71. The number of rotatable bonds is 42. The Balaban J connectivity index is 1.56. The van der Waals surface area contributed by atoms with Gasteiger partial charge in [0.15, 0.2) is 5.96 Å². The van der Waals surface area contributed by atoms with E-state index >= 15 is 0 Å². The van der Waals surface area contributed by atoms with E-state index in [1.807, 2.05) is 20.1 Å². The molecule has 32 heteroatoms. The van der Waals surface area contributed by atoms with Crippen molar-refractivity contribution in [3.8, 4) is 0 Å². The fourth-order valence-corrected chi connectivity index (χ4v) is 11.5. The Bertz CT molecular complexity index is 2960. The SMILES string of the molecule is CSCC[C@H](NC(=O)[C@H](CC(C)C)NC(=O)CNC(=O)[C@H](Cc1ccccc1)NC(=O)[C@H](Cc1ccccc1)NC(=O)[C@@H](CCC(N)=O)NC(=O)[C@H](CCC(N)=O)NC(=O)[C@@H]1CCCN1C(=O)[C@@H](CCCCN)NC(=O)[C@@H]1CCCN1C(=O)[C@@H](N)CCCN=C(N)N)C(N)=O. The summed E-state index contributed by atoms with van der Waals surface area (Å²) in [5.41, 5.74) is 40.6. The Kier molecular flexibility index (Phi) is 33.9. The molecule has 0 aromatic heterocycles. The third-order valence-electron chi connectivity index (χ3n) is 16.0. The van der Waals surface area contributed by atoms with Gasteiger partial charge in [-0.1, -0.05) is 74.5 Å². The van der Waals surface area contributed by atoms with Crippen LogP contribution < -0.4 is 82.7 Å². The molecule has 2 heterocycles. The van der Waals surface area contributed by atoms with Crippen LogP contribution >= 0.6 is 11.8 Å². The average molecular weight is 1350 g/mol. The second kappa shape index (κ2) is 41.0. The monoisotopic (exact) mass is 1350 g/mol. The van der Waals surface area contributed by atoms with Crippen LogP contribution in [0.15, 0.2) is 65.7 Å². The molecule has 31 nitrogen and oxygen atoms in total. The third-order valence-corrected chi connectivity index (χ3v) is 16.7. The molecular weight excluding hydrogens is 1250 g/mol. The molecule has 524 valence electrons. The quantitative estimate of drug-likeness (QED) is 0.0173. The summed E-state index contributed by atoms with van der Waals surface area (Å²) in [7, 11) is 0. The molecule has 0 bridgehead atoms. The first-order valence-corrected chi connectivity index (χ1v) is 33.6. The molecule has 0 aliphatic carbocycles. The first kappa shape index (κ1) is 78.5. The number of carbonyl (C=O) groups excluding carboxylic acids is 13. The van der Waals surface area contributed by atoms with E-state index in [2.05, 4.69) is 47.5 Å². The molecule has 13 amide bonds. The van der Waals surface area contributed by atoms with Crippen LogP contribution in [0, 0.1) is 5.92 Å². The van der Waals surface area contributed by atoms with Crippen molar-refractivity contribution in [1.29, 1.82) is 0 Å². The second-order valence-electron chi connectivity index (χ2n) is 24.1. The molecule has 0 saturated carbocycles. The number of primary amides is 3. The van der Waals surface area contributed by atoms with Crippen LogP contribution in [0.5, 0.6) is 0 Å². The average Bonchev–Trinajstić information content (AvgIpc) is 1.74. The Morgan fingerprint density at radius 3 is 1.51 bits per heavy atom. The highest BCUT2D eigenvalue weighted by Crippen LogP contribution is 2.24. The second-order valence-corrected chi connectivity index (χ2v) is 25.1. The summed E-state index contributed by atoms with van der Waals surface area (Å²) in [6.45, 7) is 3.86. The third kappa shape index (κ3) is 27.5. The lowest BCUT2D eigenvalue weighted by atomic mass is 10.0. The molecule has 0 spiro atoms. The maximum atomic E-state index is 14.7. The molecule has 2 aliphatic rings. The smallest absolute Gasteiger partial charge is 0.245 e. The molecule has 22 N–H and O–H groups in total. The zero-order valence-electron chi connectivity index (χ0n) is 54.5. The van der Waals surface area contributed by atoms with Gasteiger partial charge in [-0.05, 0) is 119 Å². The number of aliphatic imine (C=N–C) groups is 1. The number of likely N-dealkylation sites (tertiary alicyclic amines) is 2. The van der Waals surface area contributed by atoms with E-state index in [1.54, 1.807) is 60.7 Å². The molecule has 0 radical (unpaired) electrons. The van der Waals surface area contributed by atoms with Crippen LogP contribution in [0.2, 0.25) is 0 Å². The normalized spacial score (nSPS) is 16.8. The van der Waals surface area contributed by atoms with Gasteiger partial charge >= 0.3 is 0 Å². The minimum absolute atomic E-state index is 0.0736. The number of guanidine groups is 1. The first-order valence-electron chi connectivity index (χ1n) is 32.2. The van der Waals surface area contributed by atoms with Crippen molar-refractivity contribution in [1.82, 2.24) is 52.3 Å². The number of nitrogens with one attached hydrogen (secondary N) is 8. The molecule has 10 atom stereocenters. The maximum absolute atomic E-state index is 14.7. The van der Waals surface area contributed by atoms with Crippen LogP contribution in [-0.4, -0.2) is 198 Å². The van der Waals surface area contributed by atoms with Crippen LogP contribution in [0.3, 0.4) is 0 Å². The summed E-state index contributed by atoms with van der Waals surface area (Å²) in [6.07, 6.45) is 3.12. The van der Waals surface area contributed by atoms with E-state index < -0.39 is 169 Å². The summed E-state index contributed by atoms with van der Waals surface area (Å²) < 4.78 is 0. The number of thioether (sulfide) groups is 1. The van der Waals surface area contributed by atoms with Crippen LogP contribution in [0.25, 0.3) is 0 Å². The zero-order valence-corrected chi connectivity index (χ0v) is 55.3. The Morgan fingerprint density at radius 1 is 0.537 bits per heavy atom. The van der Waals surface area contributed by atoms with Crippen molar-refractivity contribution in [2.24, 2.45) is 51.0 Å². The van der Waals surface area contributed by atoms with Gasteiger partial charge in [-0.25, -0.2) is 0 Å². The van der Waals surface area contributed by atoms with Gasteiger partial charge in [-0.2, -0.15) is 11.8 Å². The highest BCUT2D eigenvalue weighted by atomic mass is 32.2. The lowest BCUT2D eigenvalue weighted by Gasteiger charge is -2.32. The van der Waals surface area contributed by atoms with Crippen molar-refractivity contribution < 1.29 is 62.3 Å². The summed E-state index contributed by atoms with van der Waals surface area (Å²) in [5, 5.41) is 21.1.